The highest BCUT2D eigenvalue weighted by Crippen LogP contribution is 2.33. The van der Waals surface area contributed by atoms with E-state index < -0.39 is 39.7 Å². The van der Waals surface area contributed by atoms with Crippen molar-refractivity contribution in [3.63, 3.8) is 0 Å². The number of methoxy groups -OCH3 is 1. The number of sulfonamides is 1. The summed E-state index contributed by atoms with van der Waals surface area (Å²) in [5.74, 6) is -1.35. The molecule has 0 saturated heterocycles. The maximum atomic E-state index is 13.0. The quantitative estimate of drug-likeness (QED) is 0.691. The molecule has 0 bridgehead atoms. The number of carbonyl (C=O) groups is 2. The number of hydrogen-bond acceptors (Lipinski definition) is 5. The van der Waals surface area contributed by atoms with Crippen LogP contribution in [0.3, 0.4) is 0 Å². The van der Waals surface area contributed by atoms with Crippen molar-refractivity contribution in [1.29, 1.82) is 0 Å². The minimum absolute atomic E-state index is 0.241. The van der Waals surface area contributed by atoms with Crippen LogP contribution in [0, 0.1) is 0 Å². The van der Waals surface area contributed by atoms with Crippen LogP contribution in [0.15, 0.2) is 48.5 Å². The number of rotatable bonds is 6. The van der Waals surface area contributed by atoms with E-state index in [4.69, 9.17) is 0 Å². The van der Waals surface area contributed by atoms with Gasteiger partial charge in [-0.25, -0.2) is 13.2 Å². The van der Waals surface area contributed by atoms with Gasteiger partial charge in [-0.3, -0.25) is 9.10 Å². The van der Waals surface area contributed by atoms with E-state index >= 15 is 0 Å². The molecule has 1 unspecified atom stereocenters. The number of carbonyl (C=O) groups excluding carboxylic acids is 2. The average Bonchev–Trinajstić information content (AvgIpc) is 2.66. The fourth-order valence-corrected chi connectivity index (χ4v) is 3.85. The molecule has 0 aliphatic carbocycles. The molecule has 11 heteroatoms. The van der Waals surface area contributed by atoms with Crippen molar-refractivity contribution in [2.45, 2.75) is 19.1 Å². The van der Waals surface area contributed by atoms with Gasteiger partial charge >= 0.3 is 12.1 Å². The van der Waals surface area contributed by atoms with E-state index in [9.17, 15) is 31.2 Å². The highest BCUT2D eigenvalue weighted by atomic mass is 32.2. The molecule has 2 aromatic carbocycles. The summed E-state index contributed by atoms with van der Waals surface area (Å²) < 4.78 is 68.7. The molecule has 0 aromatic heterocycles. The summed E-state index contributed by atoms with van der Waals surface area (Å²) in [4.78, 5) is 24.0. The lowest BCUT2D eigenvalue weighted by atomic mass is 10.1. The van der Waals surface area contributed by atoms with Crippen LogP contribution < -0.4 is 9.62 Å². The first-order valence-corrected chi connectivity index (χ1v) is 10.4. The number of alkyl halides is 3. The Kier molecular flexibility index (Phi) is 6.76. The van der Waals surface area contributed by atoms with Crippen LogP contribution in [-0.4, -0.2) is 39.7 Å². The van der Waals surface area contributed by atoms with Crippen LogP contribution in [-0.2, 0) is 25.7 Å². The zero-order valence-electron chi connectivity index (χ0n) is 16.2. The van der Waals surface area contributed by atoms with Crippen molar-refractivity contribution in [1.82, 2.24) is 0 Å². The fourth-order valence-electron chi connectivity index (χ4n) is 2.68. The maximum absolute atomic E-state index is 13.0. The van der Waals surface area contributed by atoms with Crippen LogP contribution in [0.5, 0.6) is 0 Å². The molecule has 1 atom stereocenters. The van der Waals surface area contributed by atoms with Crippen LogP contribution in [0.1, 0.15) is 22.8 Å². The molecular weight excluding hydrogens is 425 g/mol. The number of ether oxygens (including phenoxy) is 1. The summed E-state index contributed by atoms with van der Waals surface area (Å²) in [5, 5.41) is 2.47. The Labute approximate surface area is 171 Å². The SMILES string of the molecule is COC(=O)c1ccc(NC(=O)C(C)N(c2cccc(C(F)(F)F)c2)S(C)(=O)=O)cc1. The molecule has 1 amide bonds. The summed E-state index contributed by atoms with van der Waals surface area (Å²) in [6.07, 6.45) is -3.88. The molecule has 1 N–H and O–H groups in total. The van der Waals surface area contributed by atoms with Gasteiger partial charge in [-0.2, -0.15) is 13.2 Å². The number of benzene rings is 2. The Morgan fingerprint density at radius 1 is 1.10 bits per heavy atom. The van der Waals surface area contributed by atoms with E-state index in [-0.39, 0.29) is 16.9 Å². The molecular formula is C19H19F3N2O5S. The van der Waals surface area contributed by atoms with E-state index in [0.717, 1.165) is 18.4 Å². The third-order valence-corrected chi connectivity index (χ3v) is 5.33. The number of nitrogens with zero attached hydrogens (tertiary/aromatic N) is 1. The molecule has 162 valence electrons. The number of halogens is 3. The monoisotopic (exact) mass is 444 g/mol. The summed E-state index contributed by atoms with van der Waals surface area (Å²) in [6, 6.07) is 7.95. The van der Waals surface area contributed by atoms with Crippen molar-refractivity contribution >= 4 is 33.3 Å². The van der Waals surface area contributed by atoms with Gasteiger partial charge in [-0.05, 0) is 49.4 Å². The topological polar surface area (TPSA) is 92.8 Å². The number of amides is 1. The Morgan fingerprint density at radius 3 is 2.20 bits per heavy atom. The normalized spacial score (nSPS) is 12.7. The van der Waals surface area contributed by atoms with Gasteiger partial charge in [0.15, 0.2) is 0 Å². The Hall–Kier alpha value is -3.08. The van der Waals surface area contributed by atoms with E-state index in [2.05, 4.69) is 10.1 Å². The molecule has 0 fully saturated rings. The van der Waals surface area contributed by atoms with Gasteiger partial charge in [0, 0.05) is 5.69 Å². The molecule has 0 spiro atoms. The molecule has 30 heavy (non-hydrogen) atoms. The van der Waals surface area contributed by atoms with E-state index in [0.29, 0.717) is 10.4 Å². The van der Waals surface area contributed by atoms with Gasteiger partial charge in [0.1, 0.15) is 6.04 Å². The van der Waals surface area contributed by atoms with Crippen LogP contribution in [0.25, 0.3) is 0 Å². The lowest BCUT2D eigenvalue weighted by Gasteiger charge is -2.28. The van der Waals surface area contributed by atoms with Gasteiger partial charge in [-0.15, -0.1) is 0 Å². The molecule has 0 aliphatic rings. The lowest BCUT2D eigenvalue weighted by molar-refractivity contribution is -0.137. The minimum atomic E-state index is -4.67. The Morgan fingerprint density at radius 2 is 1.70 bits per heavy atom. The molecule has 0 aliphatic heterocycles. The second-order valence-corrected chi connectivity index (χ2v) is 8.20. The van der Waals surface area contributed by atoms with Gasteiger partial charge < -0.3 is 10.1 Å². The van der Waals surface area contributed by atoms with Crippen molar-refractivity contribution in [2.24, 2.45) is 0 Å². The summed E-state index contributed by atoms with van der Waals surface area (Å²) in [7, 11) is -2.88. The number of nitrogens with one attached hydrogen (secondary N) is 1. The van der Waals surface area contributed by atoms with E-state index in [1.807, 2.05) is 0 Å². The number of anilines is 2. The first kappa shape index (κ1) is 23.2. The van der Waals surface area contributed by atoms with Gasteiger partial charge in [0.2, 0.25) is 15.9 Å². The highest BCUT2D eigenvalue weighted by Gasteiger charge is 2.34. The zero-order valence-corrected chi connectivity index (χ0v) is 17.0. The van der Waals surface area contributed by atoms with Crippen molar-refractivity contribution < 1.29 is 35.9 Å². The highest BCUT2D eigenvalue weighted by molar-refractivity contribution is 7.92. The molecule has 7 nitrogen and oxygen atoms in total. The second-order valence-electron chi connectivity index (χ2n) is 6.34. The maximum Gasteiger partial charge on any atom is 0.416 e. The second kappa shape index (κ2) is 8.74. The lowest BCUT2D eigenvalue weighted by Crippen LogP contribution is -2.45. The average molecular weight is 444 g/mol. The third-order valence-electron chi connectivity index (χ3n) is 4.09. The predicted molar refractivity (Wildman–Crippen MR) is 105 cm³/mol. The van der Waals surface area contributed by atoms with Crippen LogP contribution >= 0.6 is 0 Å². The van der Waals surface area contributed by atoms with Crippen LogP contribution in [0.2, 0.25) is 0 Å². The van der Waals surface area contributed by atoms with Crippen LogP contribution in [0.4, 0.5) is 24.5 Å². The zero-order chi connectivity index (χ0) is 22.7. The number of hydrogen-bond donors (Lipinski definition) is 1. The Balaban J connectivity index is 2.31. The van der Waals surface area contributed by atoms with E-state index in [1.165, 1.54) is 44.4 Å². The summed E-state index contributed by atoms with van der Waals surface area (Å²) in [6.45, 7) is 1.25. The first-order chi connectivity index (χ1) is 13.8. The van der Waals surface area contributed by atoms with Crippen molar-refractivity contribution in [3.05, 3.63) is 59.7 Å². The first-order valence-electron chi connectivity index (χ1n) is 8.50. The standard InChI is InChI=1S/C19H19F3N2O5S/c1-12(17(25)23-15-9-7-13(8-10-15)18(26)29-2)24(30(3,27)28)16-6-4-5-14(11-16)19(20,21)22/h4-12H,1-3H3,(H,23,25). The molecule has 2 aromatic rings. The summed E-state index contributed by atoms with van der Waals surface area (Å²) >= 11 is 0. The molecule has 0 saturated carbocycles. The van der Waals surface area contributed by atoms with Gasteiger partial charge in [0.25, 0.3) is 0 Å². The molecule has 2 rings (SSSR count). The molecule has 0 heterocycles. The largest absolute Gasteiger partial charge is 0.465 e. The minimum Gasteiger partial charge on any atom is -0.465 e. The third kappa shape index (κ3) is 5.50. The Bertz CT molecular complexity index is 1040. The number of esters is 1. The smallest absolute Gasteiger partial charge is 0.416 e. The molecule has 0 radical (unpaired) electrons. The van der Waals surface area contributed by atoms with E-state index in [1.54, 1.807) is 0 Å². The summed E-state index contributed by atoms with van der Waals surface area (Å²) in [5.41, 5.74) is -0.835. The van der Waals surface area contributed by atoms with Gasteiger partial charge in [-0.1, -0.05) is 6.07 Å². The predicted octanol–water partition coefficient (Wildman–Crippen LogP) is 3.29. The van der Waals surface area contributed by atoms with Gasteiger partial charge in [0.05, 0.1) is 30.2 Å². The van der Waals surface area contributed by atoms with Crippen molar-refractivity contribution in [2.75, 3.05) is 23.0 Å². The van der Waals surface area contributed by atoms with Crippen molar-refractivity contribution in [3.8, 4) is 0 Å². The fraction of sp³-hybridized carbons (Fsp3) is 0.263.